The highest BCUT2D eigenvalue weighted by Crippen LogP contribution is 2.42. The first-order valence-corrected chi connectivity index (χ1v) is 12.9. The zero-order valence-corrected chi connectivity index (χ0v) is 21.0. The molecule has 2 aromatic carbocycles. The predicted molar refractivity (Wildman–Crippen MR) is 144 cm³/mol. The average Bonchev–Trinajstić information content (AvgIpc) is 3.39. The van der Waals surface area contributed by atoms with Gasteiger partial charge in [0, 0.05) is 64.5 Å². The highest BCUT2D eigenvalue weighted by Gasteiger charge is 2.38. The largest absolute Gasteiger partial charge is 0.350 e. The van der Waals surface area contributed by atoms with Crippen molar-refractivity contribution in [2.45, 2.75) is 45.7 Å². The maximum absolute atomic E-state index is 13.5. The van der Waals surface area contributed by atoms with Crippen LogP contribution in [0.5, 0.6) is 0 Å². The molecule has 0 saturated heterocycles. The molecule has 6 nitrogen and oxygen atoms in total. The van der Waals surface area contributed by atoms with E-state index in [4.69, 9.17) is 5.73 Å². The third-order valence-corrected chi connectivity index (χ3v) is 8.22. The molecule has 2 aromatic heterocycles. The van der Waals surface area contributed by atoms with E-state index in [0.717, 1.165) is 64.4 Å². The molecule has 2 amide bonds. The molecule has 6 rings (SSSR count). The van der Waals surface area contributed by atoms with Gasteiger partial charge in [-0.1, -0.05) is 50.2 Å². The van der Waals surface area contributed by atoms with Crippen LogP contribution in [0.4, 0.5) is 0 Å². The van der Waals surface area contributed by atoms with Crippen molar-refractivity contribution in [3.63, 3.8) is 0 Å². The molecule has 0 saturated carbocycles. The zero-order valence-electron chi connectivity index (χ0n) is 21.0. The first-order chi connectivity index (χ1) is 17.4. The van der Waals surface area contributed by atoms with Crippen LogP contribution in [0.15, 0.2) is 54.7 Å². The number of hydrogen-bond donors (Lipinski definition) is 2. The number of carbonyl (C=O) groups is 2. The van der Waals surface area contributed by atoms with Crippen LogP contribution in [0.3, 0.4) is 0 Å². The van der Waals surface area contributed by atoms with Gasteiger partial charge in [0.2, 0.25) is 0 Å². The summed E-state index contributed by atoms with van der Waals surface area (Å²) in [4.78, 5) is 26.8. The molecule has 6 heteroatoms. The Labute approximate surface area is 210 Å². The third kappa shape index (κ3) is 3.35. The van der Waals surface area contributed by atoms with Crippen LogP contribution in [0.2, 0.25) is 0 Å². The SMILES string of the molecule is CC(C)[C@H](N)[C@H]1CCc2c(C3=C(c4cn(C)c5ccccc45)C(=O)NC3=O)c3ccccc3n2CC1. The normalized spacial score (nSPS) is 19.3. The summed E-state index contributed by atoms with van der Waals surface area (Å²) in [7, 11) is 1.97. The molecule has 0 unspecified atom stereocenters. The summed E-state index contributed by atoms with van der Waals surface area (Å²) in [5, 5.41) is 4.61. The van der Waals surface area contributed by atoms with E-state index >= 15 is 0 Å². The summed E-state index contributed by atoms with van der Waals surface area (Å²) in [5.41, 5.74) is 12.5. The van der Waals surface area contributed by atoms with Gasteiger partial charge in [-0.05, 0) is 43.2 Å². The Balaban J connectivity index is 1.60. The minimum absolute atomic E-state index is 0.145. The molecule has 0 fully saturated rings. The second-order valence-corrected chi connectivity index (χ2v) is 10.6. The maximum Gasteiger partial charge on any atom is 0.259 e. The van der Waals surface area contributed by atoms with Crippen molar-refractivity contribution in [2.75, 3.05) is 0 Å². The lowest BCUT2D eigenvalue weighted by Gasteiger charge is -2.25. The highest BCUT2D eigenvalue weighted by molar-refractivity contribution is 6.51. The molecule has 4 heterocycles. The van der Waals surface area contributed by atoms with Crippen LogP contribution in [0.1, 0.15) is 43.5 Å². The van der Waals surface area contributed by atoms with E-state index in [1.165, 1.54) is 0 Å². The summed E-state index contributed by atoms with van der Waals surface area (Å²) in [6.45, 7) is 5.23. The number of aromatic nitrogens is 2. The van der Waals surface area contributed by atoms with Crippen molar-refractivity contribution in [3.05, 3.63) is 71.5 Å². The first kappa shape index (κ1) is 22.8. The second-order valence-electron chi connectivity index (χ2n) is 10.6. The smallest absolute Gasteiger partial charge is 0.259 e. The summed E-state index contributed by atoms with van der Waals surface area (Å²) in [5.74, 6) is 0.190. The molecular formula is C30H32N4O2. The lowest BCUT2D eigenvalue weighted by molar-refractivity contribution is -0.122. The van der Waals surface area contributed by atoms with E-state index in [1.807, 2.05) is 54.2 Å². The molecular weight excluding hydrogens is 448 g/mol. The molecule has 2 aliphatic rings. The Hall–Kier alpha value is -3.64. The van der Waals surface area contributed by atoms with Gasteiger partial charge >= 0.3 is 0 Å². The summed E-state index contributed by atoms with van der Waals surface area (Å²) in [6, 6.07) is 16.4. The summed E-state index contributed by atoms with van der Waals surface area (Å²) < 4.78 is 4.38. The van der Waals surface area contributed by atoms with Gasteiger partial charge in [0.1, 0.15) is 0 Å². The number of rotatable bonds is 4. The van der Waals surface area contributed by atoms with E-state index < -0.39 is 0 Å². The van der Waals surface area contributed by atoms with Crippen LogP contribution in [0.25, 0.3) is 33.0 Å². The first-order valence-electron chi connectivity index (χ1n) is 12.9. The van der Waals surface area contributed by atoms with Crippen molar-refractivity contribution < 1.29 is 9.59 Å². The Bertz CT molecular complexity index is 1570. The number of carbonyl (C=O) groups excluding carboxylic acids is 2. The fourth-order valence-electron chi connectivity index (χ4n) is 6.33. The summed E-state index contributed by atoms with van der Waals surface area (Å²) in [6.07, 6.45) is 4.76. The van der Waals surface area contributed by atoms with Gasteiger partial charge in [0.25, 0.3) is 11.8 Å². The molecule has 2 aliphatic heterocycles. The Morgan fingerprint density at radius 3 is 2.33 bits per heavy atom. The van der Waals surface area contributed by atoms with E-state index in [2.05, 4.69) is 35.9 Å². The maximum atomic E-state index is 13.5. The Morgan fingerprint density at radius 1 is 0.917 bits per heavy atom. The van der Waals surface area contributed by atoms with Crippen LogP contribution in [-0.2, 0) is 29.6 Å². The molecule has 0 radical (unpaired) electrons. The van der Waals surface area contributed by atoms with Crippen molar-refractivity contribution in [2.24, 2.45) is 24.6 Å². The standard InChI is InChI=1S/C30H32N4O2/c1-17(2)28(31)18-12-13-24-25(20-9-5-7-11-23(20)34(24)15-14-18)27-26(29(35)32-30(27)36)21-16-33(3)22-10-6-4-8-19(21)22/h4-11,16-18,28H,12-15,31H2,1-3H3,(H,32,35,36)/t18-,28-/m0/s1. The number of aryl methyl sites for hydroxylation is 2. The lowest BCUT2D eigenvalue weighted by Crippen LogP contribution is -2.35. The van der Waals surface area contributed by atoms with Gasteiger partial charge < -0.3 is 14.9 Å². The van der Waals surface area contributed by atoms with Crippen LogP contribution < -0.4 is 11.1 Å². The van der Waals surface area contributed by atoms with E-state index in [1.54, 1.807) is 0 Å². The number of amides is 2. The van der Waals surface area contributed by atoms with Crippen molar-refractivity contribution in [3.8, 4) is 0 Å². The summed E-state index contributed by atoms with van der Waals surface area (Å²) >= 11 is 0. The number of para-hydroxylation sites is 2. The predicted octanol–water partition coefficient (Wildman–Crippen LogP) is 4.64. The van der Waals surface area contributed by atoms with Crippen LogP contribution >= 0.6 is 0 Å². The van der Waals surface area contributed by atoms with Crippen molar-refractivity contribution >= 4 is 44.8 Å². The zero-order chi connectivity index (χ0) is 25.1. The monoisotopic (exact) mass is 480 g/mol. The molecule has 0 aliphatic carbocycles. The van der Waals surface area contributed by atoms with Crippen molar-refractivity contribution in [1.82, 2.24) is 14.5 Å². The van der Waals surface area contributed by atoms with Gasteiger partial charge in [-0.3, -0.25) is 14.9 Å². The van der Waals surface area contributed by atoms with Gasteiger partial charge in [-0.2, -0.15) is 0 Å². The number of hydrogen-bond acceptors (Lipinski definition) is 3. The molecule has 3 N–H and O–H groups in total. The fourth-order valence-corrected chi connectivity index (χ4v) is 6.33. The van der Waals surface area contributed by atoms with E-state index in [9.17, 15) is 9.59 Å². The molecule has 0 spiro atoms. The number of benzene rings is 2. The topological polar surface area (TPSA) is 82.1 Å². The third-order valence-electron chi connectivity index (χ3n) is 8.22. The number of nitrogens with zero attached hydrogens (tertiary/aromatic N) is 2. The van der Waals surface area contributed by atoms with Gasteiger partial charge in [0.15, 0.2) is 0 Å². The molecule has 4 aromatic rings. The molecule has 184 valence electrons. The molecule has 2 atom stereocenters. The van der Waals surface area contributed by atoms with E-state index in [-0.39, 0.29) is 17.9 Å². The minimum Gasteiger partial charge on any atom is -0.350 e. The quantitative estimate of drug-likeness (QED) is 0.418. The van der Waals surface area contributed by atoms with Gasteiger partial charge in [-0.25, -0.2) is 0 Å². The van der Waals surface area contributed by atoms with Gasteiger partial charge in [0.05, 0.1) is 11.1 Å². The highest BCUT2D eigenvalue weighted by atomic mass is 16.2. The Kier molecular flexibility index (Phi) is 5.38. The van der Waals surface area contributed by atoms with Crippen LogP contribution in [-0.4, -0.2) is 27.0 Å². The van der Waals surface area contributed by atoms with E-state index in [0.29, 0.717) is 23.0 Å². The number of nitrogens with two attached hydrogens (primary N) is 1. The molecule has 36 heavy (non-hydrogen) atoms. The van der Waals surface area contributed by atoms with Crippen LogP contribution in [0, 0.1) is 11.8 Å². The lowest BCUT2D eigenvalue weighted by atomic mass is 9.85. The average molecular weight is 481 g/mol. The number of imide groups is 1. The molecule has 0 bridgehead atoms. The fraction of sp³-hybridized carbons (Fsp3) is 0.333. The minimum atomic E-state index is -0.330. The number of nitrogens with one attached hydrogen (secondary N) is 1. The van der Waals surface area contributed by atoms with Crippen molar-refractivity contribution in [1.29, 1.82) is 0 Å². The van der Waals surface area contributed by atoms with Gasteiger partial charge in [-0.15, -0.1) is 0 Å². The number of fused-ring (bicyclic) bond motifs is 4. The Morgan fingerprint density at radius 2 is 1.58 bits per heavy atom. The second kappa shape index (κ2) is 8.49.